The summed E-state index contributed by atoms with van der Waals surface area (Å²) in [5.74, 6) is 0. The summed E-state index contributed by atoms with van der Waals surface area (Å²) in [4.78, 5) is 0.631. The van der Waals surface area contributed by atoms with E-state index in [1.54, 1.807) is 6.92 Å². The maximum atomic E-state index is 12.0. The highest BCUT2D eigenvalue weighted by Crippen LogP contribution is 2.33. The zero-order chi connectivity index (χ0) is 11.8. The minimum Gasteiger partial charge on any atom is -0.224 e. The van der Waals surface area contributed by atoms with Gasteiger partial charge in [-0.15, -0.1) is 0 Å². The molecule has 1 heterocycles. The number of sulfone groups is 1. The molecule has 3 heteroatoms. The van der Waals surface area contributed by atoms with Gasteiger partial charge in [-0.1, -0.05) is 35.9 Å². The minimum atomic E-state index is -3.03. The lowest BCUT2D eigenvalue weighted by Gasteiger charge is -2.06. The van der Waals surface area contributed by atoms with Crippen LogP contribution < -0.4 is 0 Å². The van der Waals surface area contributed by atoms with E-state index < -0.39 is 9.84 Å². The van der Waals surface area contributed by atoms with Crippen LogP contribution in [0.15, 0.2) is 40.8 Å². The van der Waals surface area contributed by atoms with Crippen molar-refractivity contribution in [3.63, 3.8) is 0 Å². The van der Waals surface area contributed by atoms with Crippen LogP contribution >= 0.6 is 0 Å². The first-order valence-electron chi connectivity index (χ1n) is 5.48. The van der Waals surface area contributed by atoms with Crippen molar-refractivity contribution in [1.29, 1.82) is 0 Å². The van der Waals surface area contributed by atoms with E-state index >= 15 is 0 Å². The van der Waals surface area contributed by atoms with Crippen molar-refractivity contribution >= 4 is 9.84 Å². The molecule has 2 rings (SSSR count). The van der Waals surface area contributed by atoms with Gasteiger partial charge in [-0.25, -0.2) is 8.42 Å². The van der Waals surface area contributed by atoms with Crippen LogP contribution in [0.3, 0.4) is 0 Å². The van der Waals surface area contributed by atoms with Gasteiger partial charge >= 0.3 is 0 Å². The molecule has 0 aromatic heterocycles. The summed E-state index contributed by atoms with van der Waals surface area (Å²) in [5, 5.41) is -0.244. The standard InChI is InChI=1S/C13H16O2S/c1-10-8-11(2)16(14,15)13(10)9-12-6-4-3-5-7-12/h3-7,11H,8-9H2,1-2H3. The van der Waals surface area contributed by atoms with E-state index in [4.69, 9.17) is 0 Å². The van der Waals surface area contributed by atoms with Crippen LogP contribution in [0.25, 0.3) is 0 Å². The number of allylic oxidation sites excluding steroid dienone is 2. The Morgan fingerprint density at radius 1 is 1.25 bits per heavy atom. The molecule has 0 radical (unpaired) electrons. The molecule has 0 bridgehead atoms. The molecule has 1 aliphatic heterocycles. The molecule has 0 fully saturated rings. The fraction of sp³-hybridized carbons (Fsp3) is 0.385. The average molecular weight is 236 g/mol. The predicted octanol–water partition coefficient (Wildman–Crippen LogP) is 2.71. The molecule has 0 spiro atoms. The van der Waals surface area contributed by atoms with E-state index in [-0.39, 0.29) is 5.25 Å². The highest BCUT2D eigenvalue weighted by molar-refractivity contribution is 7.96. The number of benzene rings is 1. The molecule has 1 atom stereocenters. The van der Waals surface area contributed by atoms with Crippen molar-refractivity contribution in [1.82, 2.24) is 0 Å². The van der Waals surface area contributed by atoms with Gasteiger partial charge < -0.3 is 0 Å². The van der Waals surface area contributed by atoms with E-state index in [1.165, 1.54) is 0 Å². The fourth-order valence-electron chi connectivity index (χ4n) is 2.17. The van der Waals surface area contributed by atoms with Gasteiger partial charge in [0.05, 0.1) is 5.25 Å². The number of hydrogen-bond donors (Lipinski definition) is 0. The summed E-state index contributed by atoms with van der Waals surface area (Å²) in [5.41, 5.74) is 2.09. The predicted molar refractivity (Wildman–Crippen MR) is 65.8 cm³/mol. The Hall–Kier alpha value is -1.09. The molecule has 1 unspecified atom stereocenters. The summed E-state index contributed by atoms with van der Waals surface area (Å²) in [6.45, 7) is 3.72. The van der Waals surface area contributed by atoms with Gasteiger partial charge in [0.25, 0.3) is 0 Å². The lowest BCUT2D eigenvalue weighted by Crippen LogP contribution is -2.13. The molecular weight excluding hydrogens is 220 g/mol. The lowest BCUT2D eigenvalue weighted by atomic mass is 10.1. The zero-order valence-electron chi connectivity index (χ0n) is 9.60. The normalized spacial score (nSPS) is 23.8. The van der Waals surface area contributed by atoms with Gasteiger partial charge in [-0.2, -0.15) is 0 Å². The Morgan fingerprint density at radius 3 is 2.38 bits per heavy atom. The van der Waals surface area contributed by atoms with Crippen LogP contribution in [0.5, 0.6) is 0 Å². The average Bonchev–Trinajstić information content (AvgIpc) is 2.43. The second-order valence-corrected chi connectivity index (χ2v) is 6.81. The Bertz CT molecular complexity index is 512. The van der Waals surface area contributed by atoms with Crippen molar-refractivity contribution in [2.24, 2.45) is 0 Å². The molecule has 0 amide bonds. The summed E-state index contributed by atoms with van der Waals surface area (Å²) < 4.78 is 24.1. The van der Waals surface area contributed by atoms with Gasteiger partial charge in [0.15, 0.2) is 9.84 Å². The fourth-order valence-corrected chi connectivity index (χ4v) is 4.07. The van der Waals surface area contributed by atoms with Crippen LogP contribution in [0, 0.1) is 0 Å². The van der Waals surface area contributed by atoms with Gasteiger partial charge in [-0.3, -0.25) is 0 Å². The Morgan fingerprint density at radius 2 is 1.88 bits per heavy atom. The molecule has 2 nitrogen and oxygen atoms in total. The van der Waals surface area contributed by atoms with Gasteiger partial charge in [0, 0.05) is 11.3 Å². The highest BCUT2D eigenvalue weighted by atomic mass is 32.2. The summed E-state index contributed by atoms with van der Waals surface area (Å²) >= 11 is 0. The Kier molecular flexibility index (Phi) is 2.89. The molecule has 0 aliphatic carbocycles. The van der Waals surface area contributed by atoms with Crippen LogP contribution in [0.1, 0.15) is 25.8 Å². The molecule has 0 saturated heterocycles. The first kappa shape index (κ1) is 11.4. The largest absolute Gasteiger partial charge is 0.224 e. The molecule has 0 saturated carbocycles. The lowest BCUT2D eigenvalue weighted by molar-refractivity contribution is 0.593. The number of rotatable bonds is 2. The molecule has 16 heavy (non-hydrogen) atoms. The molecule has 1 aromatic carbocycles. The number of hydrogen-bond acceptors (Lipinski definition) is 2. The Balaban J connectivity index is 2.33. The van der Waals surface area contributed by atoms with E-state index in [2.05, 4.69) is 0 Å². The van der Waals surface area contributed by atoms with Crippen molar-refractivity contribution in [2.75, 3.05) is 0 Å². The minimum absolute atomic E-state index is 0.244. The summed E-state index contributed by atoms with van der Waals surface area (Å²) in [7, 11) is -3.03. The zero-order valence-corrected chi connectivity index (χ0v) is 10.4. The van der Waals surface area contributed by atoms with Gasteiger partial charge in [0.1, 0.15) is 0 Å². The van der Waals surface area contributed by atoms with Crippen molar-refractivity contribution in [3.8, 4) is 0 Å². The second-order valence-electron chi connectivity index (χ2n) is 4.43. The molecule has 1 aromatic rings. The third-order valence-electron chi connectivity index (χ3n) is 3.15. The molecule has 0 N–H and O–H groups in total. The molecular formula is C13H16O2S. The van der Waals surface area contributed by atoms with Crippen molar-refractivity contribution < 1.29 is 8.42 Å². The molecule has 86 valence electrons. The van der Waals surface area contributed by atoms with Crippen LogP contribution in [0.4, 0.5) is 0 Å². The molecule has 1 aliphatic rings. The van der Waals surface area contributed by atoms with Crippen molar-refractivity contribution in [3.05, 3.63) is 46.4 Å². The SMILES string of the molecule is CC1=C(Cc2ccccc2)S(=O)(=O)C(C)C1. The van der Waals surface area contributed by atoms with Crippen molar-refractivity contribution in [2.45, 2.75) is 31.9 Å². The second kappa shape index (κ2) is 4.06. The monoisotopic (exact) mass is 236 g/mol. The van der Waals surface area contributed by atoms with E-state index in [1.807, 2.05) is 37.3 Å². The summed E-state index contributed by atoms with van der Waals surface area (Å²) in [6, 6.07) is 9.76. The van der Waals surface area contributed by atoms with Crippen LogP contribution in [-0.4, -0.2) is 13.7 Å². The highest BCUT2D eigenvalue weighted by Gasteiger charge is 2.33. The van der Waals surface area contributed by atoms with E-state index in [0.29, 0.717) is 17.7 Å². The van der Waals surface area contributed by atoms with Crippen LogP contribution in [-0.2, 0) is 16.3 Å². The first-order chi connectivity index (χ1) is 7.51. The maximum Gasteiger partial charge on any atom is 0.177 e. The van der Waals surface area contributed by atoms with Gasteiger partial charge in [-0.05, 0) is 25.8 Å². The smallest absolute Gasteiger partial charge is 0.177 e. The maximum absolute atomic E-state index is 12.0. The first-order valence-corrected chi connectivity index (χ1v) is 7.03. The third kappa shape index (κ3) is 1.92. The summed E-state index contributed by atoms with van der Waals surface area (Å²) in [6.07, 6.45) is 1.23. The van der Waals surface area contributed by atoms with Crippen LogP contribution in [0.2, 0.25) is 0 Å². The third-order valence-corrected chi connectivity index (χ3v) is 5.56. The Labute approximate surface area is 96.9 Å². The quantitative estimate of drug-likeness (QED) is 0.791. The topological polar surface area (TPSA) is 34.1 Å². The van der Waals surface area contributed by atoms with E-state index in [0.717, 1.165) is 11.1 Å². The van der Waals surface area contributed by atoms with E-state index in [9.17, 15) is 8.42 Å². The van der Waals surface area contributed by atoms with Gasteiger partial charge in [0.2, 0.25) is 0 Å².